The van der Waals surface area contributed by atoms with Crippen molar-refractivity contribution in [3.63, 3.8) is 0 Å². The lowest BCUT2D eigenvalue weighted by atomic mass is 9.86. The first-order valence-electron chi connectivity index (χ1n) is 12.2. The van der Waals surface area contributed by atoms with E-state index in [-0.39, 0.29) is 12.5 Å². The van der Waals surface area contributed by atoms with Crippen LogP contribution in [0.3, 0.4) is 0 Å². The first-order valence-corrected chi connectivity index (χ1v) is 13.1. The van der Waals surface area contributed by atoms with E-state index < -0.39 is 6.10 Å². The Balaban J connectivity index is 1.16. The van der Waals surface area contributed by atoms with Crippen LogP contribution in [0.1, 0.15) is 34.0 Å². The molecule has 2 heterocycles. The molecule has 1 saturated heterocycles. The van der Waals surface area contributed by atoms with E-state index in [0.29, 0.717) is 23.1 Å². The molecule has 1 fully saturated rings. The van der Waals surface area contributed by atoms with E-state index in [9.17, 15) is 9.90 Å². The first kappa shape index (κ1) is 23.8. The Morgan fingerprint density at radius 2 is 1.80 bits per heavy atom. The van der Waals surface area contributed by atoms with Gasteiger partial charge in [-0.2, -0.15) is 0 Å². The minimum Gasteiger partial charge on any atom is -0.490 e. The Bertz CT molecular complexity index is 1320. The zero-order valence-corrected chi connectivity index (χ0v) is 21.1. The maximum absolute atomic E-state index is 12.3. The summed E-state index contributed by atoms with van der Waals surface area (Å²) in [7, 11) is 3.51. The van der Waals surface area contributed by atoms with E-state index in [2.05, 4.69) is 47.4 Å². The predicted octanol–water partition coefficient (Wildman–Crippen LogP) is 5.38. The van der Waals surface area contributed by atoms with Crippen LogP contribution in [-0.4, -0.2) is 67.3 Å². The molecule has 5 rings (SSSR count). The molecule has 35 heavy (non-hydrogen) atoms. The van der Waals surface area contributed by atoms with Gasteiger partial charge in [-0.1, -0.05) is 48.5 Å². The summed E-state index contributed by atoms with van der Waals surface area (Å²) < 4.78 is 7.03. The molecule has 182 valence electrons. The van der Waals surface area contributed by atoms with Gasteiger partial charge in [-0.3, -0.25) is 4.79 Å². The molecule has 1 atom stereocenters. The molecule has 1 aliphatic heterocycles. The summed E-state index contributed by atoms with van der Waals surface area (Å²) in [6.07, 6.45) is 1.62. The number of ether oxygens (including phenoxy) is 1. The van der Waals surface area contributed by atoms with Crippen molar-refractivity contribution < 1.29 is 14.6 Å². The molecule has 1 aromatic heterocycles. The second-order valence-electron chi connectivity index (χ2n) is 9.59. The van der Waals surface area contributed by atoms with Crippen LogP contribution in [0.15, 0.2) is 66.7 Å². The number of hydrogen-bond donors (Lipinski definition) is 1. The van der Waals surface area contributed by atoms with Crippen LogP contribution in [0.5, 0.6) is 5.75 Å². The summed E-state index contributed by atoms with van der Waals surface area (Å²) in [6.45, 7) is 2.78. The Hall–Kier alpha value is -2.93. The van der Waals surface area contributed by atoms with Gasteiger partial charge in [-0.25, -0.2) is 0 Å². The van der Waals surface area contributed by atoms with E-state index >= 15 is 0 Å². The third-order valence-electron chi connectivity index (χ3n) is 6.89. The SMILES string of the molecule is CN(C)C(=O)c1cc2c(OC[C@@H](O)CN3CCC(c4cccc5ccccc45)CC3)cccc2s1. The molecule has 1 N–H and O–H groups in total. The lowest BCUT2D eigenvalue weighted by molar-refractivity contribution is 0.0599. The Morgan fingerprint density at radius 1 is 1.06 bits per heavy atom. The number of aliphatic hydroxyl groups excluding tert-OH is 1. The fourth-order valence-electron chi connectivity index (χ4n) is 5.06. The molecule has 3 aromatic carbocycles. The summed E-state index contributed by atoms with van der Waals surface area (Å²) in [6, 6.07) is 23.0. The second-order valence-corrected chi connectivity index (χ2v) is 10.7. The highest BCUT2D eigenvalue weighted by molar-refractivity contribution is 7.20. The summed E-state index contributed by atoms with van der Waals surface area (Å²) in [5, 5.41) is 14.3. The largest absolute Gasteiger partial charge is 0.490 e. The molecule has 1 aliphatic rings. The van der Waals surface area contributed by atoms with Gasteiger partial charge in [-0.05, 0) is 66.4 Å². The Morgan fingerprint density at radius 3 is 2.60 bits per heavy atom. The monoisotopic (exact) mass is 488 g/mol. The number of thiophene rings is 1. The molecule has 0 radical (unpaired) electrons. The first-order chi connectivity index (χ1) is 17.0. The minimum atomic E-state index is -0.569. The van der Waals surface area contributed by atoms with Crippen molar-refractivity contribution in [3.05, 3.63) is 77.2 Å². The standard InChI is InChI=1S/C29H32N2O3S/c1-30(2)29(33)28-17-25-26(11-6-12-27(25)35-28)34-19-22(32)18-31-15-13-21(14-16-31)24-10-5-8-20-7-3-4-9-23(20)24/h3-12,17,21-22,32H,13-16,18-19H2,1-2H3/t22-/m0/s1. The van der Waals surface area contributed by atoms with Gasteiger partial charge in [-0.15, -0.1) is 11.3 Å². The molecule has 1 amide bonds. The van der Waals surface area contributed by atoms with Crippen molar-refractivity contribution in [2.75, 3.05) is 40.3 Å². The summed E-state index contributed by atoms with van der Waals surface area (Å²) in [5.41, 5.74) is 1.45. The van der Waals surface area contributed by atoms with Crippen molar-refractivity contribution in [3.8, 4) is 5.75 Å². The number of aliphatic hydroxyl groups is 1. The van der Waals surface area contributed by atoms with Gasteiger partial charge in [0.2, 0.25) is 0 Å². The van der Waals surface area contributed by atoms with Gasteiger partial charge in [0.15, 0.2) is 0 Å². The fourth-order valence-corrected chi connectivity index (χ4v) is 6.16. The zero-order valence-electron chi connectivity index (χ0n) is 20.3. The van der Waals surface area contributed by atoms with E-state index in [0.717, 1.165) is 36.0 Å². The van der Waals surface area contributed by atoms with Crippen LogP contribution >= 0.6 is 11.3 Å². The van der Waals surface area contributed by atoms with Crippen LogP contribution in [0.2, 0.25) is 0 Å². The van der Waals surface area contributed by atoms with E-state index in [1.165, 1.54) is 27.7 Å². The van der Waals surface area contributed by atoms with Gasteiger partial charge >= 0.3 is 0 Å². The maximum Gasteiger partial charge on any atom is 0.263 e. The molecule has 4 aromatic rings. The number of rotatable bonds is 7. The number of hydrogen-bond acceptors (Lipinski definition) is 5. The van der Waals surface area contributed by atoms with Crippen molar-refractivity contribution in [1.29, 1.82) is 0 Å². The number of piperidine rings is 1. The smallest absolute Gasteiger partial charge is 0.263 e. The van der Waals surface area contributed by atoms with Gasteiger partial charge in [0.25, 0.3) is 5.91 Å². The van der Waals surface area contributed by atoms with Crippen LogP contribution in [0.4, 0.5) is 0 Å². The van der Waals surface area contributed by atoms with Crippen LogP contribution in [0, 0.1) is 0 Å². The molecule has 0 aliphatic carbocycles. The van der Waals surface area contributed by atoms with Crippen molar-refractivity contribution >= 4 is 38.1 Å². The average molecular weight is 489 g/mol. The second kappa shape index (κ2) is 10.4. The van der Waals surface area contributed by atoms with Crippen LogP contribution < -0.4 is 4.74 Å². The minimum absolute atomic E-state index is 0.0101. The lowest BCUT2D eigenvalue weighted by Crippen LogP contribution is -2.40. The quantitative estimate of drug-likeness (QED) is 0.380. The van der Waals surface area contributed by atoms with Crippen molar-refractivity contribution in [1.82, 2.24) is 9.80 Å². The third-order valence-corrected chi connectivity index (χ3v) is 7.98. The van der Waals surface area contributed by atoms with Crippen LogP contribution in [0.25, 0.3) is 20.9 Å². The number of likely N-dealkylation sites (tertiary alicyclic amines) is 1. The molecule has 0 spiro atoms. The fraction of sp³-hybridized carbons (Fsp3) is 0.345. The van der Waals surface area contributed by atoms with Gasteiger partial charge < -0.3 is 19.6 Å². The topological polar surface area (TPSA) is 53.0 Å². The molecular formula is C29H32N2O3S. The molecule has 0 bridgehead atoms. The van der Waals surface area contributed by atoms with Gasteiger partial charge in [0.1, 0.15) is 18.5 Å². The van der Waals surface area contributed by atoms with E-state index in [1.807, 2.05) is 24.3 Å². The number of fused-ring (bicyclic) bond motifs is 2. The maximum atomic E-state index is 12.3. The third kappa shape index (κ3) is 5.20. The highest BCUT2D eigenvalue weighted by Crippen LogP contribution is 2.34. The predicted molar refractivity (Wildman–Crippen MR) is 144 cm³/mol. The number of nitrogens with zero attached hydrogens (tertiary/aromatic N) is 2. The van der Waals surface area contributed by atoms with Crippen LogP contribution in [-0.2, 0) is 0 Å². The number of benzene rings is 3. The summed E-state index contributed by atoms with van der Waals surface area (Å²) >= 11 is 1.47. The summed E-state index contributed by atoms with van der Waals surface area (Å²) in [4.78, 5) is 17.0. The Kier molecular flexibility index (Phi) is 7.04. The zero-order chi connectivity index (χ0) is 24.4. The number of carbonyl (C=O) groups is 1. The van der Waals surface area contributed by atoms with E-state index in [1.54, 1.807) is 19.0 Å². The van der Waals surface area contributed by atoms with Crippen molar-refractivity contribution in [2.24, 2.45) is 0 Å². The lowest BCUT2D eigenvalue weighted by Gasteiger charge is -2.33. The number of amides is 1. The molecule has 5 nitrogen and oxygen atoms in total. The van der Waals surface area contributed by atoms with Gasteiger partial charge in [0.05, 0.1) is 4.88 Å². The molecule has 6 heteroatoms. The highest BCUT2D eigenvalue weighted by Gasteiger charge is 2.24. The summed E-state index contributed by atoms with van der Waals surface area (Å²) in [5.74, 6) is 1.26. The average Bonchev–Trinajstić information content (AvgIpc) is 3.32. The number of β-amino-alcohol motifs (C(OH)–C–C–N with tert-alkyl or cyclic N) is 1. The van der Waals surface area contributed by atoms with Gasteiger partial charge in [0, 0.05) is 30.7 Å². The van der Waals surface area contributed by atoms with E-state index in [4.69, 9.17) is 4.74 Å². The highest BCUT2D eigenvalue weighted by atomic mass is 32.1. The number of carbonyl (C=O) groups excluding carboxylic acids is 1. The molecule has 0 saturated carbocycles. The van der Waals surface area contributed by atoms with Crippen molar-refractivity contribution in [2.45, 2.75) is 24.9 Å². The molecular weight excluding hydrogens is 456 g/mol. The normalized spacial score (nSPS) is 16.0. The molecule has 0 unspecified atom stereocenters. The Labute approximate surface area is 210 Å².